The van der Waals surface area contributed by atoms with E-state index in [0.29, 0.717) is 0 Å². The van der Waals surface area contributed by atoms with Crippen LogP contribution < -0.4 is 5.32 Å². The highest BCUT2D eigenvalue weighted by molar-refractivity contribution is 5.35. The van der Waals surface area contributed by atoms with Crippen molar-refractivity contribution < 1.29 is 4.92 Å². The minimum Gasteiger partial charge on any atom is -0.304 e. The zero-order valence-electron chi connectivity index (χ0n) is 11.5. The lowest BCUT2D eigenvalue weighted by atomic mass is 10.0. The molecule has 1 N–H and O–H groups in total. The smallest absolute Gasteiger partial charge is 0.269 e. The number of hydrogen-bond acceptors (Lipinski definition) is 4. The van der Waals surface area contributed by atoms with Gasteiger partial charge in [0.15, 0.2) is 0 Å². The maximum atomic E-state index is 10.8. The van der Waals surface area contributed by atoms with Crippen LogP contribution in [0.1, 0.15) is 37.1 Å². The van der Waals surface area contributed by atoms with Crippen molar-refractivity contribution in [3.8, 4) is 0 Å². The zero-order valence-corrected chi connectivity index (χ0v) is 11.5. The maximum Gasteiger partial charge on any atom is 0.269 e. The molecule has 2 atom stereocenters. The Bertz CT molecular complexity index is 587. The highest BCUT2D eigenvalue weighted by Crippen LogP contribution is 2.22. The van der Waals surface area contributed by atoms with E-state index in [2.05, 4.69) is 10.3 Å². The summed E-state index contributed by atoms with van der Waals surface area (Å²) in [6, 6.07) is 10.7. The summed E-state index contributed by atoms with van der Waals surface area (Å²) in [5.74, 6) is 0. The first-order valence-corrected chi connectivity index (χ1v) is 6.48. The van der Waals surface area contributed by atoms with Gasteiger partial charge in [-0.25, -0.2) is 0 Å². The van der Waals surface area contributed by atoms with Crippen molar-refractivity contribution in [2.24, 2.45) is 0 Å². The zero-order chi connectivity index (χ0) is 14.5. The van der Waals surface area contributed by atoms with E-state index in [9.17, 15) is 10.1 Å². The van der Waals surface area contributed by atoms with Crippen molar-refractivity contribution in [1.82, 2.24) is 10.3 Å². The molecule has 0 aliphatic carbocycles. The fraction of sp³-hybridized carbons (Fsp3) is 0.267. The van der Waals surface area contributed by atoms with Crippen molar-refractivity contribution in [3.05, 3.63) is 70.0 Å². The number of rotatable bonds is 5. The first-order valence-electron chi connectivity index (χ1n) is 6.48. The lowest BCUT2D eigenvalue weighted by molar-refractivity contribution is -0.384. The summed E-state index contributed by atoms with van der Waals surface area (Å²) >= 11 is 0. The van der Waals surface area contributed by atoms with Crippen LogP contribution in [0.5, 0.6) is 0 Å². The van der Waals surface area contributed by atoms with Crippen molar-refractivity contribution in [2.45, 2.75) is 25.9 Å². The Balaban J connectivity index is 2.10. The number of nitrogens with zero attached hydrogens (tertiary/aromatic N) is 2. The van der Waals surface area contributed by atoms with Gasteiger partial charge in [0, 0.05) is 36.6 Å². The summed E-state index contributed by atoms with van der Waals surface area (Å²) < 4.78 is 0. The quantitative estimate of drug-likeness (QED) is 0.668. The first-order chi connectivity index (χ1) is 9.58. The number of nitro benzene ring substituents is 1. The molecule has 1 unspecified atom stereocenters. The third-order valence-corrected chi connectivity index (χ3v) is 3.27. The molecule has 0 aliphatic heterocycles. The van der Waals surface area contributed by atoms with Gasteiger partial charge in [-0.05, 0) is 31.0 Å². The molecule has 2 rings (SSSR count). The molecule has 0 fully saturated rings. The number of pyridine rings is 1. The Kier molecular flexibility index (Phi) is 4.42. The minimum atomic E-state index is -0.374. The Hall–Kier alpha value is -2.27. The normalized spacial score (nSPS) is 13.7. The number of nitro groups is 1. The van der Waals surface area contributed by atoms with Crippen molar-refractivity contribution in [3.63, 3.8) is 0 Å². The van der Waals surface area contributed by atoms with Crippen LogP contribution in [-0.2, 0) is 0 Å². The standard InChI is InChI=1S/C15H17N3O2/c1-11(13-5-3-7-15(9-13)18(19)20)17-12(2)14-6-4-8-16-10-14/h3-12,17H,1-2H3/t11?,12-/m0/s1. The minimum absolute atomic E-state index is 0.0186. The molecule has 1 aromatic carbocycles. The molecule has 0 saturated heterocycles. The Labute approximate surface area is 117 Å². The van der Waals surface area contributed by atoms with Gasteiger partial charge in [0.25, 0.3) is 5.69 Å². The molecule has 0 bridgehead atoms. The van der Waals surface area contributed by atoms with Crippen LogP contribution in [0.3, 0.4) is 0 Å². The van der Waals surface area contributed by atoms with Crippen LogP contribution >= 0.6 is 0 Å². The van der Waals surface area contributed by atoms with Crippen LogP contribution in [0.15, 0.2) is 48.8 Å². The molecule has 0 spiro atoms. The van der Waals surface area contributed by atoms with Gasteiger partial charge >= 0.3 is 0 Å². The second-order valence-electron chi connectivity index (χ2n) is 4.75. The third kappa shape index (κ3) is 3.39. The van der Waals surface area contributed by atoms with Crippen LogP contribution in [0, 0.1) is 10.1 Å². The number of benzene rings is 1. The van der Waals surface area contributed by atoms with Crippen molar-refractivity contribution in [1.29, 1.82) is 0 Å². The second kappa shape index (κ2) is 6.25. The van der Waals surface area contributed by atoms with Crippen LogP contribution in [0.25, 0.3) is 0 Å². The molecule has 104 valence electrons. The van der Waals surface area contributed by atoms with E-state index in [1.54, 1.807) is 18.3 Å². The SMILES string of the molecule is CC(N[C@@H](C)c1cccnc1)c1cccc([N+](=O)[O-])c1. The van der Waals surface area contributed by atoms with Gasteiger partial charge in [-0.2, -0.15) is 0 Å². The Morgan fingerprint density at radius 2 is 1.85 bits per heavy atom. The van der Waals surface area contributed by atoms with E-state index < -0.39 is 0 Å². The maximum absolute atomic E-state index is 10.8. The molecule has 0 saturated carbocycles. The van der Waals surface area contributed by atoms with Gasteiger partial charge in [0.1, 0.15) is 0 Å². The van der Waals surface area contributed by atoms with E-state index in [0.717, 1.165) is 11.1 Å². The fourth-order valence-electron chi connectivity index (χ4n) is 2.11. The van der Waals surface area contributed by atoms with Gasteiger partial charge in [-0.1, -0.05) is 18.2 Å². The number of aromatic nitrogens is 1. The predicted molar refractivity (Wildman–Crippen MR) is 77.3 cm³/mol. The Morgan fingerprint density at radius 3 is 2.50 bits per heavy atom. The lowest BCUT2D eigenvalue weighted by Gasteiger charge is -2.20. The molecule has 0 amide bonds. The molecule has 5 nitrogen and oxygen atoms in total. The summed E-state index contributed by atoms with van der Waals surface area (Å²) in [5.41, 5.74) is 2.10. The molecule has 0 radical (unpaired) electrons. The van der Waals surface area contributed by atoms with E-state index in [-0.39, 0.29) is 22.7 Å². The average Bonchev–Trinajstić information content (AvgIpc) is 2.48. The van der Waals surface area contributed by atoms with Crippen molar-refractivity contribution >= 4 is 5.69 Å². The van der Waals surface area contributed by atoms with Gasteiger partial charge < -0.3 is 5.32 Å². The van der Waals surface area contributed by atoms with E-state index in [4.69, 9.17) is 0 Å². The van der Waals surface area contributed by atoms with Gasteiger partial charge in [-0.3, -0.25) is 15.1 Å². The fourth-order valence-corrected chi connectivity index (χ4v) is 2.11. The number of nitrogens with one attached hydrogen (secondary N) is 1. The average molecular weight is 271 g/mol. The summed E-state index contributed by atoms with van der Waals surface area (Å²) in [5, 5.41) is 14.2. The topological polar surface area (TPSA) is 68.1 Å². The largest absolute Gasteiger partial charge is 0.304 e. The van der Waals surface area contributed by atoms with Gasteiger partial charge in [-0.15, -0.1) is 0 Å². The molecule has 1 aromatic heterocycles. The summed E-state index contributed by atoms with van der Waals surface area (Å²) in [6.45, 7) is 4.04. The van der Waals surface area contributed by atoms with E-state index >= 15 is 0 Å². The molecule has 1 heterocycles. The second-order valence-corrected chi connectivity index (χ2v) is 4.75. The predicted octanol–water partition coefficient (Wildman–Crippen LogP) is 3.40. The van der Waals surface area contributed by atoms with Crippen LogP contribution in [0.4, 0.5) is 5.69 Å². The summed E-state index contributed by atoms with van der Waals surface area (Å²) in [7, 11) is 0. The Morgan fingerprint density at radius 1 is 1.15 bits per heavy atom. The van der Waals surface area contributed by atoms with Crippen molar-refractivity contribution in [2.75, 3.05) is 0 Å². The number of hydrogen-bond donors (Lipinski definition) is 1. The van der Waals surface area contributed by atoms with Crippen LogP contribution in [-0.4, -0.2) is 9.91 Å². The molecule has 2 aromatic rings. The highest BCUT2D eigenvalue weighted by atomic mass is 16.6. The van der Waals surface area contributed by atoms with Crippen LogP contribution in [0.2, 0.25) is 0 Å². The molecular weight excluding hydrogens is 254 g/mol. The molecule has 0 aliphatic rings. The van der Waals surface area contributed by atoms with Gasteiger partial charge in [0.2, 0.25) is 0 Å². The summed E-state index contributed by atoms with van der Waals surface area (Å²) in [6.07, 6.45) is 3.55. The molecule has 5 heteroatoms. The van der Waals surface area contributed by atoms with E-state index in [1.165, 1.54) is 6.07 Å². The molecular formula is C15H17N3O2. The first kappa shape index (κ1) is 14.1. The molecule has 20 heavy (non-hydrogen) atoms. The van der Waals surface area contributed by atoms with Gasteiger partial charge in [0.05, 0.1) is 4.92 Å². The summed E-state index contributed by atoms with van der Waals surface area (Å²) in [4.78, 5) is 14.5. The number of non-ortho nitro benzene ring substituents is 1. The lowest BCUT2D eigenvalue weighted by Crippen LogP contribution is -2.22. The highest BCUT2D eigenvalue weighted by Gasteiger charge is 2.13. The third-order valence-electron chi connectivity index (χ3n) is 3.27. The van der Waals surface area contributed by atoms with E-state index in [1.807, 2.05) is 38.2 Å². The monoisotopic (exact) mass is 271 g/mol.